The molecule has 0 bridgehead atoms. The molecule has 3 aromatic rings. The van der Waals surface area contributed by atoms with E-state index in [4.69, 9.17) is 23.2 Å². The van der Waals surface area contributed by atoms with E-state index in [9.17, 15) is 9.18 Å². The molecule has 0 unspecified atom stereocenters. The van der Waals surface area contributed by atoms with Crippen LogP contribution in [0.3, 0.4) is 0 Å². The van der Waals surface area contributed by atoms with E-state index in [2.05, 4.69) is 42.1 Å². The second-order valence-corrected chi connectivity index (χ2v) is 7.33. The van der Waals surface area contributed by atoms with Gasteiger partial charge in [-0.1, -0.05) is 30.6 Å². The van der Waals surface area contributed by atoms with Crippen LogP contribution in [0.25, 0.3) is 10.9 Å². The van der Waals surface area contributed by atoms with E-state index < -0.39 is 5.82 Å². The van der Waals surface area contributed by atoms with Crippen molar-refractivity contribution in [1.29, 1.82) is 0 Å². The van der Waals surface area contributed by atoms with Crippen LogP contribution in [-0.4, -0.2) is 16.5 Å². The molecule has 0 radical (unpaired) electrons. The number of carbonyl (C=O) groups excluding carboxylic acids is 1. The predicted molar refractivity (Wildman–Crippen MR) is 110 cm³/mol. The topological polar surface area (TPSA) is 45.8 Å². The zero-order chi connectivity index (χ0) is 18.0. The average molecular weight is 513 g/mol. The Bertz CT molecular complexity index is 929. The van der Waals surface area contributed by atoms with E-state index in [1.54, 1.807) is 13.1 Å². The number of nitrogens with zero attached hydrogens (tertiary/aromatic N) is 1. The monoisotopic (exact) mass is 510 g/mol. The van der Waals surface area contributed by atoms with E-state index in [1.165, 1.54) is 6.07 Å². The third kappa shape index (κ3) is 4.61. The minimum atomic E-state index is -0.557. The Labute approximate surface area is 172 Å². The highest BCUT2D eigenvalue weighted by Gasteiger charge is 2.12. The Morgan fingerprint density at radius 3 is 2.28 bits per heavy atom. The minimum Gasteiger partial charge on any atom is -0.298 e. The lowest BCUT2D eigenvalue weighted by molar-refractivity contribution is 0.111. The van der Waals surface area contributed by atoms with Crippen molar-refractivity contribution in [2.45, 2.75) is 21.3 Å². The molecule has 8 heteroatoms. The molecule has 0 amide bonds. The number of aromatic nitrogens is 2. The fraction of sp³-hybridized carbons (Fsp3) is 0.176. The third-order valence-corrected chi connectivity index (χ3v) is 6.38. The van der Waals surface area contributed by atoms with Crippen LogP contribution in [0.15, 0.2) is 27.3 Å². The fourth-order valence-electron chi connectivity index (χ4n) is 1.99. The van der Waals surface area contributed by atoms with E-state index >= 15 is 0 Å². The SMILES string of the molecule is C.Cc1cc(F)c(C=O)c(Br)c1Cl.Cc1cc2[nH]ncc2c(Br)c1Cl. The van der Waals surface area contributed by atoms with Gasteiger partial charge in [0.25, 0.3) is 0 Å². The molecule has 0 fully saturated rings. The number of hydrogen-bond donors (Lipinski definition) is 1. The van der Waals surface area contributed by atoms with Gasteiger partial charge in [-0.2, -0.15) is 5.10 Å². The number of carbonyl (C=O) groups is 1. The van der Waals surface area contributed by atoms with Gasteiger partial charge >= 0.3 is 0 Å². The predicted octanol–water partition coefficient (Wildman–Crippen LogP) is 7.29. The second-order valence-electron chi connectivity index (χ2n) is 4.99. The van der Waals surface area contributed by atoms with Crippen LogP contribution >= 0.6 is 55.1 Å². The van der Waals surface area contributed by atoms with Crippen LogP contribution in [0.2, 0.25) is 10.0 Å². The molecule has 0 atom stereocenters. The first-order chi connectivity index (χ1) is 11.3. The van der Waals surface area contributed by atoms with Gasteiger partial charge in [-0.3, -0.25) is 9.89 Å². The number of aldehydes is 1. The number of hydrogen-bond acceptors (Lipinski definition) is 2. The van der Waals surface area contributed by atoms with Crippen molar-refractivity contribution < 1.29 is 9.18 Å². The van der Waals surface area contributed by atoms with Gasteiger partial charge in [-0.05, 0) is 69.0 Å². The molecule has 25 heavy (non-hydrogen) atoms. The molecule has 0 aliphatic heterocycles. The summed E-state index contributed by atoms with van der Waals surface area (Å²) in [5.41, 5.74) is 2.61. The van der Waals surface area contributed by atoms with Crippen molar-refractivity contribution in [1.82, 2.24) is 10.2 Å². The molecule has 0 aliphatic carbocycles. The summed E-state index contributed by atoms with van der Waals surface area (Å²) in [7, 11) is 0. The molecule has 3 rings (SSSR count). The largest absolute Gasteiger partial charge is 0.298 e. The van der Waals surface area contributed by atoms with Crippen LogP contribution in [0.4, 0.5) is 4.39 Å². The number of aryl methyl sites for hydroxylation is 2. The van der Waals surface area contributed by atoms with Crippen LogP contribution in [0.5, 0.6) is 0 Å². The maximum absolute atomic E-state index is 13.0. The lowest BCUT2D eigenvalue weighted by Crippen LogP contribution is -1.92. The van der Waals surface area contributed by atoms with Crippen LogP contribution in [0.1, 0.15) is 28.9 Å². The van der Waals surface area contributed by atoms with E-state index in [0.29, 0.717) is 21.3 Å². The quantitative estimate of drug-likeness (QED) is 0.275. The Morgan fingerprint density at radius 2 is 1.68 bits per heavy atom. The van der Waals surface area contributed by atoms with Gasteiger partial charge in [-0.25, -0.2) is 4.39 Å². The maximum Gasteiger partial charge on any atom is 0.154 e. The summed E-state index contributed by atoms with van der Waals surface area (Å²) < 4.78 is 14.2. The van der Waals surface area contributed by atoms with Crippen molar-refractivity contribution in [3.63, 3.8) is 0 Å². The number of halogens is 5. The van der Waals surface area contributed by atoms with Crippen molar-refractivity contribution in [2.24, 2.45) is 0 Å². The maximum atomic E-state index is 13.0. The number of benzene rings is 2. The van der Waals surface area contributed by atoms with Crippen LogP contribution in [0, 0.1) is 19.7 Å². The van der Waals surface area contributed by atoms with Gasteiger partial charge in [-0.15, -0.1) is 0 Å². The summed E-state index contributed by atoms with van der Waals surface area (Å²) in [5.74, 6) is -0.557. The lowest BCUT2D eigenvalue weighted by atomic mass is 10.1. The molecule has 2 aromatic carbocycles. The molecule has 0 aliphatic rings. The summed E-state index contributed by atoms with van der Waals surface area (Å²) in [6, 6.07) is 3.21. The molecule has 3 nitrogen and oxygen atoms in total. The van der Waals surface area contributed by atoms with Gasteiger partial charge in [0, 0.05) is 14.3 Å². The smallest absolute Gasteiger partial charge is 0.154 e. The highest BCUT2D eigenvalue weighted by molar-refractivity contribution is 9.11. The summed E-state index contributed by atoms with van der Waals surface area (Å²) in [5, 5.41) is 8.97. The number of H-pyrrole nitrogens is 1. The second kappa shape index (κ2) is 9.12. The average Bonchev–Trinajstić information content (AvgIpc) is 3.00. The van der Waals surface area contributed by atoms with Gasteiger partial charge in [0.2, 0.25) is 0 Å². The highest BCUT2D eigenvalue weighted by Crippen LogP contribution is 2.33. The molecular weight excluding hydrogens is 498 g/mol. The first-order valence-electron chi connectivity index (χ1n) is 6.64. The number of aromatic amines is 1. The summed E-state index contributed by atoms with van der Waals surface area (Å²) in [4.78, 5) is 10.4. The van der Waals surface area contributed by atoms with E-state index in [1.807, 2.05) is 13.0 Å². The van der Waals surface area contributed by atoms with Crippen molar-refractivity contribution in [3.8, 4) is 0 Å². The van der Waals surface area contributed by atoms with Gasteiger partial charge in [0.15, 0.2) is 6.29 Å². The molecule has 1 heterocycles. The first-order valence-corrected chi connectivity index (χ1v) is 8.99. The number of nitrogens with one attached hydrogen (secondary N) is 1. The van der Waals surface area contributed by atoms with E-state index in [-0.39, 0.29) is 13.0 Å². The molecule has 1 aromatic heterocycles. The zero-order valence-electron chi connectivity index (χ0n) is 12.6. The van der Waals surface area contributed by atoms with Crippen molar-refractivity contribution >= 4 is 72.3 Å². The Hall–Kier alpha value is -0.950. The Kier molecular flexibility index (Phi) is 8.06. The number of rotatable bonds is 1. The molecule has 0 saturated carbocycles. The summed E-state index contributed by atoms with van der Waals surface area (Å²) >= 11 is 18.2. The molecule has 1 N–H and O–H groups in total. The summed E-state index contributed by atoms with van der Waals surface area (Å²) in [6.45, 7) is 3.64. The molecule has 0 spiro atoms. The fourth-order valence-corrected chi connectivity index (χ4v) is 3.52. The third-order valence-electron chi connectivity index (χ3n) is 3.30. The van der Waals surface area contributed by atoms with E-state index in [0.717, 1.165) is 26.0 Å². The van der Waals surface area contributed by atoms with Gasteiger partial charge < -0.3 is 0 Å². The summed E-state index contributed by atoms with van der Waals surface area (Å²) in [6.07, 6.45) is 2.19. The van der Waals surface area contributed by atoms with Crippen molar-refractivity contribution in [3.05, 3.63) is 59.8 Å². The first kappa shape index (κ1) is 22.1. The lowest BCUT2D eigenvalue weighted by Gasteiger charge is -2.04. The highest BCUT2D eigenvalue weighted by atomic mass is 79.9. The molecule has 134 valence electrons. The van der Waals surface area contributed by atoms with Gasteiger partial charge in [0.1, 0.15) is 5.82 Å². The van der Waals surface area contributed by atoms with Crippen LogP contribution in [-0.2, 0) is 0 Å². The van der Waals surface area contributed by atoms with Gasteiger partial charge in [0.05, 0.1) is 27.3 Å². The molecule has 0 saturated heterocycles. The van der Waals surface area contributed by atoms with Crippen LogP contribution < -0.4 is 0 Å². The number of fused-ring (bicyclic) bond motifs is 1. The standard InChI is InChI=1S/C8H5BrClFO.C8H6BrClN2.CH4/c1-4-2-6(11)5(3-12)7(9)8(4)10;1-4-2-6-5(3-11-12-6)7(9)8(4)10;/h2-3H,1H3;2-3H,1H3,(H,11,12);1H4. The van der Waals surface area contributed by atoms with Crippen molar-refractivity contribution in [2.75, 3.05) is 0 Å². The zero-order valence-corrected chi connectivity index (χ0v) is 17.2. The molecular formula is C17H15Br2Cl2FN2O. The Balaban J connectivity index is 0.000000240. The Morgan fingerprint density at radius 1 is 1.12 bits per heavy atom. The minimum absolute atomic E-state index is 0. The normalized spacial score (nSPS) is 10.0.